The van der Waals surface area contributed by atoms with Crippen LogP contribution in [0.5, 0.6) is 11.5 Å². The van der Waals surface area contributed by atoms with Crippen LogP contribution in [-0.4, -0.2) is 12.6 Å². The van der Waals surface area contributed by atoms with Crippen molar-refractivity contribution in [3.8, 4) is 11.5 Å². The first-order valence-electron chi connectivity index (χ1n) is 10.9. The van der Waals surface area contributed by atoms with Crippen molar-refractivity contribution < 1.29 is 9.47 Å². The van der Waals surface area contributed by atoms with E-state index in [9.17, 15) is 0 Å². The third kappa shape index (κ3) is 4.00. The van der Waals surface area contributed by atoms with E-state index in [1.165, 1.54) is 38.5 Å². The molecule has 0 unspecified atom stereocenters. The highest BCUT2D eigenvalue weighted by atomic mass is 35.5. The van der Waals surface area contributed by atoms with Crippen molar-refractivity contribution in [3.63, 3.8) is 0 Å². The molecule has 29 heavy (non-hydrogen) atoms. The lowest BCUT2D eigenvalue weighted by Gasteiger charge is -2.57. The van der Waals surface area contributed by atoms with Gasteiger partial charge in [0, 0.05) is 28.7 Å². The van der Waals surface area contributed by atoms with Crippen LogP contribution in [0.4, 0.5) is 0 Å². The normalized spacial score (nSPS) is 29.8. The predicted molar refractivity (Wildman–Crippen MR) is 117 cm³/mol. The number of nitrogens with one attached hydrogen (secondary N) is 1. The molecule has 4 bridgehead atoms. The van der Waals surface area contributed by atoms with Crippen molar-refractivity contribution in [2.75, 3.05) is 7.11 Å². The van der Waals surface area contributed by atoms with Gasteiger partial charge in [0.2, 0.25) is 0 Å². The summed E-state index contributed by atoms with van der Waals surface area (Å²) in [4.78, 5) is 0. The molecule has 4 fully saturated rings. The molecule has 154 valence electrons. The summed E-state index contributed by atoms with van der Waals surface area (Å²) in [6.45, 7) is 1.29. The second kappa shape index (κ2) is 7.85. The molecule has 0 heterocycles. The van der Waals surface area contributed by atoms with Crippen LogP contribution in [0.1, 0.15) is 49.7 Å². The van der Waals surface area contributed by atoms with Crippen molar-refractivity contribution in [3.05, 3.63) is 58.6 Å². The first-order chi connectivity index (χ1) is 14.1. The Morgan fingerprint density at radius 1 is 1.00 bits per heavy atom. The predicted octanol–water partition coefficient (Wildman–Crippen LogP) is 5.99. The molecular formula is C25H30ClNO2. The highest BCUT2D eigenvalue weighted by Gasteiger charge is 2.50. The second-order valence-corrected chi connectivity index (χ2v) is 9.86. The molecule has 0 radical (unpaired) electrons. The van der Waals surface area contributed by atoms with Gasteiger partial charge in [0.1, 0.15) is 6.61 Å². The zero-order valence-corrected chi connectivity index (χ0v) is 17.9. The van der Waals surface area contributed by atoms with Gasteiger partial charge in [0.25, 0.3) is 0 Å². The van der Waals surface area contributed by atoms with Crippen LogP contribution in [-0.2, 0) is 13.2 Å². The Hall–Kier alpha value is -1.71. The summed E-state index contributed by atoms with van der Waals surface area (Å²) in [6, 6.07) is 14.1. The Bertz CT molecular complexity index is 831. The first-order valence-corrected chi connectivity index (χ1v) is 11.3. The van der Waals surface area contributed by atoms with Crippen LogP contribution in [0.25, 0.3) is 0 Å². The standard InChI is InChI=1S/C25H30ClNO2/c1-28-23-11-22(26)10-21(24(23)29-16-17-5-3-2-4-6-17)15-27-25-12-18-7-19(13-25)9-20(8-18)14-25/h2-6,10-11,18-20,27H,7-9,12-16H2,1H3. The van der Waals surface area contributed by atoms with Gasteiger partial charge in [0.15, 0.2) is 11.5 Å². The molecule has 6 rings (SSSR count). The Kier molecular flexibility index (Phi) is 5.21. The maximum absolute atomic E-state index is 6.41. The topological polar surface area (TPSA) is 30.5 Å². The van der Waals surface area contributed by atoms with E-state index >= 15 is 0 Å². The average molecular weight is 412 g/mol. The maximum Gasteiger partial charge on any atom is 0.166 e. The number of methoxy groups -OCH3 is 1. The summed E-state index contributed by atoms with van der Waals surface area (Å²) in [5.74, 6) is 4.29. The molecule has 2 aromatic carbocycles. The van der Waals surface area contributed by atoms with E-state index in [0.717, 1.165) is 41.2 Å². The Morgan fingerprint density at radius 2 is 1.66 bits per heavy atom. The Balaban J connectivity index is 1.35. The van der Waals surface area contributed by atoms with E-state index in [1.54, 1.807) is 7.11 Å². The van der Waals surface area contributed by atoms with Gasteiger partial charge in [-0.25, -0.2) is 0 Å². The molecule has 4 aliphatic rings. The fourth-order valence-corrected chi connectivity index (χ4v) is 6.64. The van der Waals surface area contributed by atoms with Crippen molar-refractivity contribution in [2.24, 2.45) is 17.8 Å². The van der Waals surface area contributed by atoms with Gasteiger partial charge >= 0.3 is 0 Å². The third-order valence-corrected chi connectivity index (χ3v) is 7.45. The number of hydrogen-bond acceptors (Lipinski definition) is 3. The monoisotopic (exact) mass is 411 g/mol. The van der Waals surface area contributed by atoms with Crippen LogP contribution < -0.4 is 14.8 Å². The third-order valence-electron chi connectivity index (χ3n) is 7.23. The lowest BCUT2D eigenvalue weighted by Crippen LogP contribution is -2.58. The largest absolute Gasteiger partial charge is 0.493 e. The highest BCUT2D eigenvalue weighted by Crippen LogP contribution is 2.55. The lowest BCUT2D eigenvalue weighted by atomic mass is 9.53. The van der Waals surface area contributed by atoms with Crippen molar-refractivity contribution in [1.82, 2.24) is 5.32 Å². The number of ether oxygens (including phenoxy) is 2. The minimum atomic E-state index is 0.307. The van der Waals surface area contributed by atoms with Crippen LogP contribution in [0.15, 0.2) is 42.5 Å². The average Bonchev–Trinajstić information content (AvgIpc) is 2.71. The molecule has 1 N–H and O–H groups in total. The lowest BCUT2D eigenvalue weighted by molar-refractivity contribution is -0.0206. The summed E-state index contributed by atoms with van der Waals surface area (Å²) in [5, 5.41) is 4.66. The SMILES string of the molecule is COc1cc(Cl)cc(CNC23CC4CC(CC(C4)C2)C3)c1OCc1ccccc1. The number of hydrogen-bond donors (Lipinski definition) is 1. The van der Waals surface area contributed by atoms with Gasteiger partial charge in [-0.3, -0.25) is 0 Å². The number of halogens is 1. The summed E-state index contributed by atoms with van der Waals surface area (Å²) in [5.41, 5.74) is 2.53. The van der Waals surface area contributed by atoms with Gasteiger partial charge in [-0.1, -0.05) is 41.9 Å². The zero-order chi connectivity index (χ0) is 19.8. The van der Waals surface area contributed by atoms with E-state index in [4.69, 9.17) is 21.1 Å². The summed E-state index contributed by atoms with van der Waals surface area (Å²) < 4.78 is 11.9. The minimum absolute atomic E-state index is 0.307. The minimum Gasteiger partial charge on any atom is -0.493 e. The molecule has 2 aromatic rings. The van der Waals surface area contributed by atoms with Gasteiger partial charge < -0.3 is 14.8 Å². The molecule has 0 atom stereocenters. The highest BCUT2D eigenvalue weighted by molar-refractivity contribution is 6.30. The summed E-state index contributed by atoms with van der Waals surface area (Å²) >= 11 is 6.41. The van der Waals surface area contributed by atoms with E-state index in [2.05, 4.69) is 17.4 Å². The van der Waals surface area contributed by atoms with Crippen molar-refractivity contribution >= 4 is 11.6 Å². The molecule has 0 aliphatic heterocycles. The second-order valence-electron chi connectivity index (χ2n) is 9.42. The fourth-order valence-electron chi connectivity index (χ4n) is 6.41. The van der Waals surface area contributed by atoms with Crippen LogP contribution in [0, 0.1) is 17.8 Å². The molecule has 3 nitrogen and oxygen atoms in total. The Labute approximate surface area is 178 Å². The molecular weight excluding hydrogens is 382 g/mol. The number of rotatable bonds is 7. The van der Waals surface area contributed by atoms with E-state index in [-0.39, 0.29) is 0 Å². The van der Waals surface area contributed by atoms with E-state index in [1.807, 2.05) is 30.3 Å². The van der Waals surface area contributed by atoms with Crippen molar-refractivity contribution in [2.45, 2.75) is 57.2 Å². The van der Waals surface area contributed by atoms with E-state index < -0.39 is 0 Å². The Morgan fingerprint density at radius 3 is 2.28 bits per heavy atom. The fraction of sp³-hybridized carbons (Fsp3) is 0.520. The molecule has 0 amide bonds. The van der Waals surface area contributed by atoms with Gasteiger partial charge in [-0.15, -0.1) is 0 Å². The van der Waals surface area contributed by atoms with Gasteiger partial charge in [-0.05, 0) is 67.9 Å². The quantitative estimate of drug-likeness (QED) is 0.607. The van der Waals surface area contributed by atoms with E-state index in [0.29, 0.717) is 22.9 Å². The first kappa shape index (κ1) is 19.3. The van der Waals surface area contributed by atoms with Gasteiger partial charge in [-0.2, -0.15) is 0 Å². The van der Waals surface area contributed by atoms with Crippen molar-refractivity contribution in [1.29, 1.82) is 0 Å². The van der Waals surface area contributed by atoms with Crippen LogP contribution in [0.3, 0.4) is 0 Å². The van der Waals surface area contributed by atoms with Crippen LogP contribution in [0.2, 0.25) is 5.02 Å². The molecule has 4 saturated carbocycles. The zero-order valence-electron chi connectivity index (χ0n) is 17.1. The van der Waals surface area contributed by atoms with Crippen LogP contribution >= 0.6 is 11.6 Å². The summed E-state index contributed by atoms with van der Waals surface area (Å²) in [6.07, 6.45) is 8.36. The molecule has 4 aliphatic carbocycles. The maximum atomic E-state index is 6.41. The summed E-state index contributed by atoms with van der Waals surface area (Å²) in [7, 11) is 1.68. The molecule has 0 saturated heterocycles. The van der Waals surface area contributed by atoms with Gasteiger partial charge in [0.05, 0.1) is 7.11 Å². The molecule has 4 heteroatoms. The molecule has 0 aromatic heterocycles. The molecule has 0 spiro atoms. The smallest absolute Gasteiger partial charge is 0.166 e. The number of benzene rings is 2.